The van der Waals surface area contributed by atoms with E-state index in [1.165, 1.54) is 19.2 Å². The summed E-state index contributed by atoms with van der Waals surface area (Å²) in [6, 6.07) is 3.65. The summed E-state index contributed by atoms with van der Waals surface area (Å²) in [6.45, 7) is 0.195. The lowest BCUT2D eigenvalue weighted by molar-refractivity contribution is -0.131. The number of benzene rings is 1. The summed E-state index contributed by atoms with van der Waals surface area (Å²) in [4.78, 5) is 21.4. The van der Waals surface area contributed by atoms with Gasteiger partial charge in [-0.3, -0.25) is 4.79 Å². The third-order valence-corrected chi connectivity index (χ3v) is 1.78. The molecule has 1 N–H and O–H groups in total. The van der Waals surface area contributed by atoms with E-state index in [1.807, 2.05) is 0 Å². The zero-order chi connectivity index (χ0) is 11.4. The number of ether oxygens (including phenoxy) is 1. The summed E-state index contributed by atoms with van der Waals surface area (Å²) in [5.41, 5.74) is 0.0977. The third kappa shape index (κ3) is 2.60. The Bertz CT molecular complexity index is 400. The molecule has 0 aromatic heterocycles. The predicted octanol–water partition coefficient (Wildman–Crippen LogP) is 1.24. The van der Waals surface area contributed by atoms with Gasteiger partial charge in [-0.05, 0) is 17.7 Å². The van der Waals surface area contributed by atoms with Gasteiger partial charge < -0.3 is 9.84 Å². The van der Waals surface area contributed by atoms with E-state index in [4.69, 9.17) is 9.84 Å². The Morgan fingerprint density at radius 2 is 2.13 bits per heavy atom. The maximum Gasteiger partial charge on any atom is 0.377 e. The third-order valence-electron chi connectivity index (χ3n) is 1.78. The molecule has 0 radical (unpaired) electrons. The van der Waals surface area contributed by atoms with Crippen molar-refractivity contribution in [1.82, 2.24) is 0 Å². The molecule has 0 aliphatic rings. The Kier molecular flexibility index (Phi) is 3.51. The molecule has 0 fully saturated rings. The van der Waals surface area contributed by atoms with Crippen LogP contribution in [0, 0.1) is 5.82 Å². The summed E-state index contributed by atoms with van der Waals surface area (Å²) in [7, 11) is 1.45. The SMILES string of the molecule is COCc1ccc(F)c(C(=O)C(=O)O)c1. The number of Topliss-reactive ketones (excluding diaryl/α,β-unsaturated/α-hetero) is 1. The molecular weight excluding hydrogens is 203 g/mol. The van der Waals surface area contributed by atoms with Gasteiger partial charge in [0.25, 0.3) is 5.78 Å². The van der Waals surface area contributed by atoms with Crippen LogP contribution >= 0.6 is 0 Å². The summed E-state index contributed by atoms with van der Waals surface area (Å²) >= 11 is 0. The van der Waals surface area contributed by atoms with Crippen LogP contribution in [-0.4, -0.2) is 24.0 Å². The smallest absolute Gasteiger partial charge is 0.377 e. The van der Waals surface area contributed by atoms with E-state index < -0.39 is 23.1 Å². The molecular formula is C10H9FO4. The number of halogens is 1. The molecule has 0 aliphatic heterocycles. The fourth-order valence-electron chi connectivity index (χ4n) is 1.12. The molecule has 15 heavy (non-hydrogen) atoms. The fourth-order valence-corrected chi connectivity index (χ4v) is 1.12. The summed E-state index contributed by atoms with van der Waals surface area (Å²) in [5, 5.41) is 8.43. The predicted molar refractivity (Wildman–Crippen MR) is 49.1 cm³/mol. The second-order valence-electron chi connectivity index (χ2n) is 2.88. The summed E-state index contributed by atoms with van der Waals surface area (Å²) in [5.74, 6) is -3.78. The highest BCUT2D eigenvalue weighted by Crippen LogP contribution is 2.12. The van der Waals surface area contributed by atoms with Crippen LogP contribution in [0.25, 0.3) is 0 Å². The van der Waals surface area contributed by atoms with E-state index in [2.05, 4.69) is 0 Å². The molecule has 1 aromatic rings. The summed E-state index contributed by atoms with van der Waals surface area (Å²) in [6.07, 6.45) is 0. The highest BCUT2D eigenvalue weighted by Gasteiger charge is 2.19. The second kappa shape index (κ2) is 4.65. The lowest BCUT2D eigenvalue weighted by Gasteiger charge is -2.03. The number of methoxy groups -OCH3 is 1. The fraction of sp³-hybridized carbons (Fsp3) is 0.200. The Morgan fingerprint density at radius 1 is 1.47 bits per heavy atom. The highest BCUT2D eigenvalue weighted by atomic mass is 19.1. The van der Waals surface area contributed by atoms with Crippen molar-refractivity contribution >= 4 is 11.8 Å². The zero-order valence-corrected chi connectivity index (χ0v) is 7.99. The standard InChI is InChI=1S/C10H9FO4/c1-15-5-6-2-3-8(11)7(4-6)9(12)10(13)14/h2-4H,5H2,1H3,(H,13,14). The van der Waals surface area contributed by atoms with Crippen molar-refractivity contribution in [3.63, 3.8) is 0 Å². The second-order valence-corrected chi connectivity index (χ2v) is 2.88. The first-order valence-electron chi connectivity index (χ1n) is 4.11. The van der Waals surface area contributed by atoms with Crippen molar-refractivity contribution in [3.05, 3.63) is 35.1 Å². The minimum absolute atomic E-state index is 0.195. The van der Waals surface area contributed by atoms with Gasteiger partial charge in [0, 0.05) is 7.11 Å². The van der Waals surface area contributed by atoms with Gasteiger partial charge in [0.05, 0.1) is 12.2 Å². The van der Waals surface area contributed by atoms with E-state index in [0.29, 0.717) is 5.56 Å². The highest BCUT2D eigenvalue weighted by molar-refractivity contribution is 6.39. The molecule has 1 rings (SSSR count). The maximum atomic E-state index is 13.1. The number of carbonyl (C=O) groups excluding carboxylic acids is 1. The van der Waals surface area contributed by atoms with Crippen LogP contribution in [0.1, 0.15) is 15.9 Å². The van der Waals surface area contributed by atoms with Gasteiger partial charge in [0.15, 0.2) is 0 Å². The number of aliphatic carboxylic acids is 1. The number of carboxylic acids is 1. The van der Waals surface area contributed by atoms with Gasteiger partial charge in [-0.1, -0.05) is 6.07 Å². The summed E-state index contributed by atoms with van der Waals surface area (Å²) < 4.78 is 17.9. The first kappa shape index (κ1) is 11.3. The molecule has 1 aromatic carbocycles. The molecule has 0 bridgehead atoms. The van der Waals surface area contributed by atoms with Crippen LogP contribution in [0.3, 0.4) is 0 Å². The van der Waals surface area contributed by atoms with Gasteiger partial charge in [-0.15, -0.1) is 0 Å². The molecule has 0 saturated heterocycles. The first-order chi connectivity index (χ1) is 7.06. The Balaban J connectivity index is 3.10. The zero-order valence-electron chi connectivity index (χ0n) is 7.99. The van der Waals surface area contributed by atoms with Gasteiger partial charge in [0.1, 0.15) is 5.82 Å². The minimum Gasteiger partial charge on any atom is -0.475 e. The molecule has 0 unspecified atom stereocenters. The van der Waals surface area contributed by atoms with Crippen LogP contribution in [0.2, 0.25) is 0 Å². The van der Waals surface area contributed by atoms with Crippen molar-refractivity contribution in [3.8, 4) is 0 Å². The van der Waals surface area contributed by atoms with Gasteiger partial charge in [-0.25, -0.2) is 9.18 Å². The average Bonchev–Trinajstić information content (AvgIpc) is 2.20. The lowest BCUT2D eigenvalue weighted by atomic mass is 10.1. The number of hydrogen-bond acceptors (Lipinski definition) is 3. The number of rotatable bonds is 4. The quantitative estimate of drug-likeness (QED) is 0.602. The molecule has 4 nitrogen and oxygen atoms in total. The van der Waals surface area contributed by atoms with Crippen LogP contribution in [0.15, 0.2) is 18.2 Å². The lowest BCUT2D eigenvalue weighted by Crippen LogP contribution is -2.14. The Morgan fingerprint density at radius 3 is 2.67 bits per heavy atom. The average molecular weight is 212 g/mol. The monoisotopic (exact) mass is 212 g/mol. The van der Waals surface area contributed by atoms with E-state index >= 15 is 0 Å². The molecule has 0 atom stereocenters. The molecule has 0 saturated carbocycles. The van der Waals surface area contributed by atoms with E-state index in [-0.39, 0.29) is 6.61 Å². The van der Waals surface area contributed by atoms with Crippen molar-refractivity contribution < 1.29 is 23.8 Å². The molecule has 0 aliphatic carbocycles. The van der Waals surface area contributed by atoms with Crippen LogP contribution in [0.4, 0.5) is 4.39 Å². The van der Waals surface area contributed by atoms with Gasteiger partial charge in [-0.2, -0.15) is 0 Å². The van der Waals surface area contributed by atoms with E-state index in [1.54, 1.807) is 0 Å². The van der Waals surface area contributed by atoms with Crippen molar-refractivity contribution in [2.24, 2.45) is 0 Å². The topological polar surface area (TPSA) is 63.6 Å². The normalized spacial score (nSPS) is 10.0. The molecule has 80 valence electrons. The maximum absolute atomic E-state index is 13.1. The van der Waals surface area contributed by atoms with Crippen LogP contribution in [0.5, 0.6) is 0 Å². The van der Waals surface area contributed by atoms with Gasteiger partial charge in [0.2, 0.25) is 0 Å². The van der Waals surface area contributed by atoms with Crippen LogP contribution in [-0.2, 0) is 16.1 Å². The number of carboxylic acid groups (broad SMARTS) is 1. The number of hydrogen-bond donors (Lipinski definition) is 1. The van der Waals surface area contributed by atoms with Gasteiger partial charge >= 0.3 is 5.97 Å². The van der Waals surface area contributed by atoms with Crippen molar-refractivity contribution in [2.45, 2.75) is 6.61 Å². The number of ketones is 1. The Hall–Kier alpha value is -1.75. The van der Waals surface area contributed by atoms with Crippen LogP contribution < -0.4 is 0 Å². The molecule has 5 heteroatoms. The van der Waals surface area contributed by atoms with E-state index in [9.17, 15) is 14.0 Å². The Labute approximate surface area is 85.3 Å². The van der Waals surface area contributed by atoms with E-state index in [0.717, 1.165) is 6.07 Å². The molecule has 0 heterocycles. The minimum atomic E-state index is -1.68. The van der Waals surface area contributed by atoms with Crippen molar-refractivity contribution in [1.29, 1.82) is 0 Å². The molecule has 0 spiro atoms. The number of carbonyl (C=O) groups is 2. The molecule has 0 amide bonds. The first-order valence-corrected chi connectivity index (χ1v) is 4.11. The largest absolute Gasteiger partial charge is 0.475 e. The van der Waals surface area contributed by atoms with Crippen molar-refractivity contribution in [2.75, 3.05) is 7.11 Å².